The van der Waals surface area contributed by atoms with Crippen molar-refractivity contribution in [2.75, 3.05) is 26.2 Å². The lowest BCUT2D eigenvalue weighted by atomic mass is 10.1. The summed E-state index contributed by atoms with van der Waals surface area (Å²) < 4.78 is 19.7. The van der Waals surface area contributed by atoms with Crippen LogP contribution in [0.4, 0.5) is 4.39 Å². The number of aromatic amines is 1. The monoisotopic (exact) mass is 422 g/mol. The molecule has 162 valence electrons. The molecule has 2 aromatic carbocycles. The van der Waals surface area contributed by atoms with E-state index in [1.165, 1.54) is 17.7 Å². The number of hydrogen-bond donors (Lipinski definition) is 1. The zero-order chi connectivity index (χ0) is 21.5. The lowest BCUT2D eigenvalue weighted by Crippen LogP contribution is -2.39. The number of nitrogens with zero attached hydrogens (tertiary/aromatic N) is 3. The van der Waals surface area contributed by atoms with E-state index < -0.39 is 0 Å². The molecule has 1 N–H and O–H groups in total. The largest absolute Gasteiger partial charge is 0.370 e. The molecule has 0 bridgehead atoms. The molecule has 1 aliphatic heterocycles. The van der Waals surface area contributed by atoms with Crippen molar-refractivity contribution in [3.05, 3.63) is 89.5 Å². The first-order valence-corrected chi connectivity index (χ1v) is 10.5. The Morgan fingerprint density at radius 1 is 1.06 bits per heavy atom. The Kier molecular flexibility index (Phi) is 7.07. The van der Waals surface area contributed by atoms with Gasteiger partial charge in [0.15, 0.2) is 0 Å². The summed E-state index contributed by atoms with van der Waals surface area (Å²) in [5.41, 5.74) is 2.94. The van der Waals surface area contributed by atoms with E-state index in [-0.39, 0.29) is 17.8 Å². The molecule has 1 unspecified atom stereocenters. The van der Waals surface area contributed by atoms with E-state index in [1.807, 2.05) is 35.2 Å². The molecular formula is C24H27FN4O2. The van der Waals surface area contributed by atoms with Gasteiger partial charge in [-0.15, -0.1) is 0 Å². The molecule has 3 aromatic rings. The van der Waals surface area contributed by atoms with Crippen molar-refractivity contribution < 1.29 is 13.9 Å². The molecule has 1 saturated heterocycles. The number of carbonyl (C=O) groups is 1. The van der Waals surface area contributed by atoms with Crippen molar-refractivity contribution in [2.24, 2.45) is 0 Å². The number of benzene rings is 2. The third kappa shape index (κ3) is 6.23. The molecule has 0 saturated carbocycles. The predicted octanol–water partition coefficient (Wildman–Crippen LogP) is 3.02. The topological polar surface area (TPSA) is 61.5 Å². The quantitative estimate of drug-likeness (QED) is 0.606. The molecule has 4 rings (SSSR count). The van der Waals surface area contributed by atoms with Crippen LogP contribution in [0.25, 0.3) is 0 Å². The summed E-state index contributed by atoms with van der Waals surface area (Å²) in [6.07, 6.45) is 2.33. The molecule has 7 heteroatoms. The van der Waals surface area contributed by atoms with Gasteiger partial charge >= 0.3 is 0 Å². The van der Waals surface area contributed by atoms with Crippen LogP contribution in [0.5, 0.6) is 0 Å². The standard InChI is InChI=1S/C24H27FN4O2/c25-21-8-4-7-20(13-21)18-31-23-15-28(14-22-9-11-26-27-22)17-24(30)29(16-23)12-10-19-5-2-1-3-6-19/h1-9,11,13,23H,10,12,14-18H2,(H,26,27). The number of nitrogens with one attached hydrogen (secondary N) is 1. The summed E-state index contributed by atoms with van der Waals surface area (Å²) in [4.78, 5) is 17.0. The summed E-state index contributed by atoms with van der Waals surface area (Å²) in [5, 5.41) is 6.96. The first kappa shape index (κ1) is 21.2. The minimum atomic E-state index is -0.275. The average Bonchev–Trinajstić information content (AvgIpc) is 3.23. The van der Waals surface area contributed by atoms with Crippen LogP contribution in [0.1, 0.15) is 16.8 Å². The number of carbonyl (C=O) groups excluding carboxylic acids is 1. The Bertz CT molecular complexity index is 965. The zero-order valence-corrected chi connectivity index (χ0v) is 17.4. The number of ether oxygens (including phenoxy) is 1. The summed E-state index contributed by atoms with van der Waals surface area (Å²) in [6, 6.07) is 18.5. The molecule has 0 aliphatic carbocycles. The SMILES string of the molecule is O=C1CN(Cc2ccn[nH]2)CC(OCc2cccc(F)c2)CN1CCc1ccccc1. The van der Waals surface area contributed by atoms with Crippen LogP contribution in [-0.2, 0) is 29.1 Å². The fraction of sp³-hybridized carbons (Fsp3) is 0.333. The van der Waals surface area contributed by atoms with Crippen LogP contribution >= 0.6 is 0 Å². The predicted molar refractivity (Wildman–Crippen MR) is 116 cm³/mol. The maximum absolute atomic E-state index is 13.5. The van der Waals surface area contributed by atoms with E-state index in [9.17, 15) is 9.18 Å². The van der Waals surface area contributed by atoms with E-state index in [0.29, 0.717) is 39.3 Å². The van der Waals surface area contributed by atoms with Gasteiger partial charge < -0.3 is 9.64 Å². The van der Waals surface area contributed by atoms with Crippen LogP contribution in [0, 0.1) is 5.82 Å². The van der Waals surface area contributed by atoms with Crippen molar-refractivity contribution in [3.63, 3.8) is 0 Å². The molecule has 1 aliphatic rings. The normalized spacial score (nSPS) is 17.6. The van der Waals surface area contributed by atoms with E-state index in [1.54, 1.807) is 12.3 Å². The van der Waals surface area contributed by atoms with Crippen molar-refractivity contribution in [1.29, 1.82) is 0 Å². The van der Waals surface area contributed by atoms with Crippen LogP contribution in [0.3, 0.4) is 0 Å². The van der Waals surface area contributed by atoms with Gasteiger partial charge in [0.2, 0.25) is 5.91 Å². The first-order valence-electron chi connectivity index (χ1n) is 10.5. The van der Waals surface area contributed by atoms with E-state index in [0.717, 1.165) is 17.7 Å². The summed E-state index contributed by atoms with van der Waals surface area (Å²) >= 11 is 0. The third-order valence-electron chi connectivity index (χ3n) is 5.44. The molecule has 2 heterocycles. The van der Waals surface area contributed by atoms with Crippen LogP contribution in [-0.4, -0.2) is 58.2 Å². The highest BCUT2D eigenvalue weighted by atomic mass is 19.1. The smallest absolute Gasteiger partial charge is 0.236 e. The Hall–Kier alpha value is -3.03. The van der Waals surface area contributed by atoms with Gasteiger partial charge in [-0.3, -0.25) is 14.8 Å². The molecule has 1 atom stereocenters. The Balaban J connectivity index is 1.44. The maximum atomic E-state index is 13.5. The van der Waals surface area contributed by atoms with Crippen LogP contribution < -0.4 is 0 Å². The van der Waals surface area contributed by atoms with Crippen LogP contribution in [0.15, 0.2) is 66.9 Å². The molecule has 0 spiro atoms. The van der Waals surface area contributed by atoms with Gasteiger partial charge in [0.25, 0.3) is 0 Å². The second-order valence-electron chi connectivity index (χ2n) is 7.89. The molecular weight excluding hydrogens is 395 g/mol. The van der Waals surface area contributed by atoms with Gasteiger partial charge in [0, 0.05) is 38.1 Å². The number of H-pyrrole nitrogens is 1. The van der Waals surface area contributed by atoms with Gasteiger partial charge in [-0.05, 0) is 35.7 Å². The maximum Gasteiger partial charge on any atom is 0.236 e. The number of halogens is 1. The van der Waals surface area contributed by atoms with Crippen molar-refractivity contribution in [1.82, 2.24) is 20.0 Å². The van der Waals surface area contributed by atoms with Crippen LogP contribution in [0.2, 0.25) is 0 Å². The Labute approximate surface area is 181 Å². The zero-order valence-electron chi connectivity index (χ0n) is 17.4. The highest BCUT2D eigenvalue weighted by Crippen LogP contribution is 2.15. The fourth-order valence-corrected chi connectivity index (χ4v) is 3.85. The molecule has 1 amide bonds. The number of aromatic nitrogens is 2. The minimum absolute atomic E-state index is 0.0901. The highest BCUT2D eigenvalue weighted by Gasteiger charge is 2.28. The average molecular weight is 423 g/mol. The van der Waals surface area contributed by atoms with E-state index in [4.69, 9.17) is 4.74 Å². The van der Waals surface area contributed by atoms with E-state index >= 15 is 0 Å². The molecule has 31 heavy (non-hydrogen) atoms. The summed E-state index contributed by atoms with van der Waals surface area (Å²) in [6.45, 7) is 3.00. The number of rotatable bonds is 8. The minimum Gasteiger partial charge on any atom is -0.370 e. The summed E-state index contributed by atoms with van der Waals surface area (Å²) in [7, 11) is 0. The third-order valence-corrected chi connectivity index (χ3v) is 5.44. The lowest BCUT2D eigenvalue weighted by Gasteiger charge is -2.25. The first-order chi connectivity index (χ1) is 15.2. The summed E-state index contributed by atoms with van der Waals surface area (Å²) in [5.74, 6) is -0.185. The number of hydrogen-bond acceptors (Lipinski definition) is 4. The van der Waals surface area contributed by atoms with Crippen molar-refractivity contribution >= 4 is 5.91 Å². The Morgan fingerprint density at radius 3 is 2.68 bits per heavy atom. The molecule has 6 nitrogen and oxygen atoms in total. The molecule has 1 aromatic heterocycles. The lowest BCUT2D eigenvalue weighted by molar-refractivity contribution is -0.131. The van der Waals surface area contributed by atoms with Gasteiger partial charge in [-0.2, -0.15) is 5.10 Å². The van der Waals surface area contributed by atoms with Gasteiger partial charge in [-0.25, -0.2) is 4.39 Å². The highest BCUT2D eigenvalue weighted by molar-refractivity contribution is 5.78. The second kappa shape index (κ2) is 10.3. The Morgan fingerprint density at radius 2 is 1.90 bits per heavy atom. The fourth-order valence-electron chi connectivity index (χ4n) is 3.85. The second-order valence-corrected chi connectivity index (χ2v) is 7.89. The van der Waals surface area contributed by atoms with Gasteiger partial charge in [0.05, 0.1) is 19.3 Å². The van der Waals surface area contributed by atoms with Crippen molar-refractivity contribution in [3.8, 4) is 0 Å². The van der Waals surface area contributed by atoms with Gasteiger partial charge in [-0.1, -0.05) is 42.5 Å². The van der Waals surface area contributed by atoms with Crippen molar-refractivity contribution in [2.45, 2.75) is 25.7 Å². The van der Waals surface area contributed by atoms with E-state index in [2.05, 4.69) is 27.2 Å². The number of amides is 1. The molecule has 0 radical (unpaired) electrons. The molecule has 1 fully saturated rings. The van der Waals surface area contributed by atoms with Gasteiger partial charge in [0.1, 0.15) is 5.82 Å².